The second kappa shape index (κ2) is 7.73. The molecule has 0 N–H and O–H groups in total. The normalized spacial score (nSPS) is 18.7. The summed E-state index contributed by atoms with van der Waals surface area (Å²) in [7, 11) is -4.09. The molecule has 0 atom stereocenters. The predicted octanol–water partition coefficient (Wildman–Crippen LogP) is 3.76. The van der Waals surface area contributed by atoms with Crippen LogP contribution < -0.4 is 0 Å². The average molecular weight is 442 g/mol. The summed E-state index contributed by atoms with van der Waals surface area (Å²) in [6.45, 7) is 0.705. The molecular weight excluding hydrogens is 421 g/mol. The Balaban J connectivity index is 1.53. The molecule has 1 aromatic heterocycles. The van der Waals surface area contributed by atoms with Gasteiger partial charge in [-0.05, 0) is 56.0 Å². The molecule has 162 valence electrons. The fourth-order valence-electron chi connectivity index (χ4n) is 3.85. The lowest BCUT2D eigenvalue weighted by atomic mass is 10.0. The minimum atomic E-state index is -4.62. The first-order valence-electron chi connectivity index (χ1n) is 9.71. The molecule has 1 aromatic carbocycles. The van der Waals surface area contributed by atoms with E-state index in [0.29, 0.717) is 44.8 Å². The smallest absolute Gasteiger partial charge is 0.416 e. The van der Waals surface area contributed by atoms with Crippen LogP contribution in [0, 0.1) is 0 Å². The number of rotatable bonds is 5. The number of amides is 1. The monoisotopic (exact) mass is 442 g/mol. The van der Waals surface area contributed by atoms with Gasteiger partial charge in [-0.1, -0.05) is 6.07 Å². The largest absolute Gasteiger partial charge is 0.459 e. The number of benzene rings is 1. The van der Waals surface area contributed by atoms with Gasteiger partial charge in [0.15, 0.2) is 5.76 Å². The lowest BCUT2D eigenvalue weighted by Crippen LogP contribution is -2.49. The molecule has 2 heterocycles. The van der Waals surface area contributed by atoms with Crippen molar-refractivity contribution >= 4 is 15.9 Å². The average Bonchev–Trinajstić information content (AvgIpc) is 3.38. The van der Waals surface area contributed by atoms with Crippen LogP contribution in [0.1, 0.15) is 41.8 Å². The summed E-state index contributed by atoms with van der Waals surface area (Å²) < 4.78 is 72.2. The molecule has 2 aromatic rings. The Kier molecular flexibility index (Phi) is 5.39. The molecule has 1 saturated carbocycles. The van der Waals surface area contributed by atoms with E-state index in [0.717, 1.165) is 12.1 Å². The first kappa shape index (κ1) is 20.9. The van der Waals surface area contributed by atoms with Crippen LogP contribution in [0.5, 0.6) is 0 Å². The van der Waals surface area contributed by atoms with Crippen molar-refractivity contribution in [2.45, 2.75) is 48.8 Å². The summed E-state index contributed by atoms with van der Waals surface area (Å²) in [6.07, 6.45) is -1.00. The summed E-state index contributed by atoms with van der Waals surface area (Å²) in [5, 5.41) is 0. The maximum absolute atomic E-state index is 13.3. The molecule has 1 saturated heterocycles. The fourth-order valence-corrected chi connectivity index (χ4v) is 5.83. The van der Waals surface area contributed by atoms with Crippen LogP contribution in [0.4, 0.5) is 13.2 Å². The fraction of sp³-hybridized carbons (Fsp3) is 0.450. The molecule has 0 radical (unpaired) electrons. The van der Waals surface area contributed by atoms with E-state index in [-0.39, 0.29) is 28.6 Å². The molecule has 2 aliphatic rings. The number of alkyl halides is 3. The van der Waals surface area contributed by atoms with E-state index in [2.05, 4.69) is 0 Å². The van der Waals surface area contributed by atoms with Crippen LogP contribution in [0.15, 0.2) is 52.0 Å². The molecule has 1 aliphatic carbocycles. The second-order valence-corrected chi connectivity index (χ2v) is 9.44. The van der Waals surface area contributed by atoms with Crippen molar-refractivity contribution in [3.63, 3.8) is 0 Å². The van der Waals surface area contributed by atoms with Crippen molar-refractivity contribution in [1.29, 1.82) is 0 Å². The number of furan rings is 1. The van der Waals surface area contributed by atoms with Gasteiger partial charge in [-0.2, -0.15) is 17.5 Å². The Labute approximate surface area is 172 Å². The molecule has 6 nitrogen and oxygen atoms in total. The van der Waals surface area contributed by atoms with E-state index >= 15 is 0 Å². The zero-order valence-electron chi connectivity index (χ0n) is 16.0. The standard InChI is InChI=1S/C20H21F3N2O4S/c21-20(22,23)14-3-1-4-17(13-14)30(27,28)25(15-6-7-15)16-8-10-24(11-9-16)19(26)18-5-2-12-29-18/h1-5,12-13,15-16H,6-11H2. The maximum Gasteiger partial charge on any atom is 0.416 e. The third-order valence-corrected chi connectivity index (χ3v) is 7.49. The predicted molar refractivity (Wildman–Crippen MR) is 101 cm³/mol. The molecule has 1 amide bonds. The van der Waals surface area contributed by atoms with Crippen LogP contribution in [0.25, 0.3) is 0 Å². The summed E-state index contributed by atoms with van der Waals surface area (Å²) in [4.78, 5) is 13.7. The van der Waals surface area contributed by atoms with Crippen LogP contribution in [-0.2, 0) is 16.2 Å². The maximum atomic E-state index is 13.3. The Morgan fingerprint density at radius 2 is 1.70 bits per heavy atom. The van der Waals surface area contributed by atoms with Crippen LogP contribution in [0.3, 0.4) is 0 Å². The van der Waals surface area contributed by atoms with E-state index in [1.165, 1.54) is 16.6 Å². The highest BCUT2D eigenvalue weighted by molar-refractivity contribution is 7.89. The lowest BCUT2D eigenvalue weighted by Gasteiger charge is -2.37. The summed E-state index contributed by atoms with van der Waals surface area (Å²) in [6, 6.07) is 6.50. The van der Waals surface area contributed by atoms with Gasteiger partial charge in [0.1, 0.15) is 0 Å². The number of carbonyl (C=O) groups is 1. The highest BCUT2D eigenvalue weighted by atomic mass is 32.2. The minimum absolute atomic E-state index is 0.207. The van der Waals surface area contributed by atoms with Crippen molar-refractivity contribution in [2.24, 2.45) is 0 Å². The van der Waals surface area contributed by atoms with Crippen molar-refractivity contribution in [2.75, 3.05) is 13.1 Å². The van der Waals surface area contributed by atoms with E-state index in [1.54, 1.807) is 17.0 Å². The Hall–Kier alpha value is -2.33. The highest BCUT2D eigenvalue weighted by Crippen LogP contribution is 2.38. The van der Waals surface area contributed by atoms with Gasteiger partial charge < -0.3 is 9.32 Å². The first-order chi connectivity index (χ1) is 14.2. The van der Waals surface area contributed by atoms with E-state index in [4.69, 9.17) is 4.42 Å². The van der Waals surface area contributed by atoms with Gasteiger partial charge >= 0.3 is 6.18 Å². The molecular formula is C20H21F3N2O4S. The number of nitrogens with zero attached hydrogens (tertiary/aromatic N) is 2. The van der Waals surface area contributed by atoms with Gasteiger partial charge in [-0.3, -0.25) is 4.79 Å². The summed E-state index contributed by atoms with van der Waals surface area (Å²) in [5.41, 5.74) is -0.988. The number of sulfonamides is 1. The van der Waals surface area contributed by atoms with Gasteiger partial charge in [0.2, 0.25) is 10.0 Å². The summed E-state index contributed by atoms with van der Waals surface area (Å²) >= 11 is 0. The number of piperidine rings is 1. The molecule has 4 rings (SSSR count). The minimum Gasteiger partial charge on any atom is -0.459 e. The second-order valence-electron chi connectivity index (χ2n) is 7.59. The van der Waals surface area contributed by atoms with Crippen LogP contribution in [-0.4, -0.2) is 48.7 Å². The SMILES string of the molecule is O=C(c1ccco1)N1CCC(N(C2CC2)S(=O)(=O)c2cccc(C(F)(F)F)c2)CC1. The van der Waals surface area contributed by atoms with Gasteiger partial charge in [0.05, 0.1) is 16.7 Å². The van der Waals surface area contributed by atoms with Crippen molar-refractivity contribution in [3.8, 4) is 0 Å². The Bertz CT molecular complexity index is 1010. The third-order valence-electron chi connectivity index (χ3n) is 5.49. The lowest BCUT2D eigenvalue weighted by molar-refractivity contribution is -0.137. The van der Waals surface area contributed by atoms with E-state index < -0.39 is 21.8 Å². The number of likely N-dealkylation sites (tertiary alicyclic amines) is 1. The topological polar surface area (TPSA) is 70.8 Å². The quantitative estimate of drug-likeness (QED) is 0.707. The molecule has 0 unspecified atom stereocenters. The molecule has 30 heavy (non-hydrogen) atoms. The Morgan fingerprint density at radius 1 is 1.03 bits per heavy atom. The summed E-state index contributed by atoms with van der Waals surface area (Å²) in [5.74, 6) is -0.0266. The zero-order valence-corrected chi connectivity index (χ0v) is 16.8. The first-order valence-corrected chi connectivity index (χ1v) is 11.2. The molecule has 2 fully saturated rings. The number of hydrogen-bond donors (Lipinski definition) is 0. The third kappa shape index (κ3) is 4.11. The highest BCUT2D eigenvalue weighted by Gasteiger charge is 2.44. The van der Waals surface area contributed by atoms with Gasteiger partial charge in [0.25, 0.3) is 5.91 Å². The van der Waals surface area contributed by atoms with E-state index in [1.807, 2.05) is 0 Å². The number of carbonyl (C=O) groups excluding carboxylic acids is 1. The van der Waals surface area contributed by atoms with Crippen molar-refractivity contribution < 1.29 is 30.8 Å². The zero-order chi connectivity index (χ0) is 21.5. The molecule has 1 aliphatic heterocycles. The van der Waals surface area contributed by atoms with Gasteiger partial charge in [0, 0.05) is 25.2 Å². The van der Waals surface area contributed by atoms with Crippen molar-refractivity contribution in [1.82, 2.24) is 9.21 Å². The Morgan fingerprint density at radius 3 is 2.27 bits per heavy atom. The van der Waals surface area contributed by atoms with Gasteiger partial charge in [-0.15, -0.1) is 0 Å². The van der Waals surface area contributed by atoms with Crippen molar-refractivity contribution in [3.05, 3.63) is 54.0 Å². The van der Waals surface area contributed by atoms with E-state index in [9.17, 15) is 26.4 Å². The number of halogens is 3. The van der Waals surface area contributed by atoms with Crippen LogP contribution >= 0.6 is 0 Å². The molecule has 0 spiro atoms. The number of hydrogen-bond acceptors (Lipinski definition) is 4. The molecule has 0 bridgehead atoms. The molecule has 10 heteroatoms. The van der Waals surface area contributed by atoms with Gasteiger partial charge in [-0.25, -0.2) is 8.42 Å². The van der Waals surface area contributed by atoms with Crippen LogP contribution in [0.2, 0.25) is 0 Å².